The number of hydrogen-bond donors (Lipinski definition) is 2. The number of nitrogens with zero attached hydrogens (tertiary/aromatic N) is 3. The van der Waals surface area contributed by atoms with E-state index in [2.05, 4.69) is 20.7 Å². The van der Waals surface area contributed by atoms with E-state index >= 15 is 0 Å². The molecule has 9 heteroatoms. The first-order chi connectivity index (χ1) is 14.6. The Labute approximate surface area is 184 Å². The van der Waals surface area contributed by atoms with Gasteiger partial charge in [0.2, 0.25) is 5.91 Å². The molecule has 0 unspecified atom stereocenters. The van der Waals surface area contributed by atoms with Crippen LogP contribution in [0.25, 0.3) is 23.0 Å². The topological polar surface area (TPSA) is 71.3 Å². The molecule has 0 fully saturated rings. The van der Waals surface area contributed by atoms with E-state index in [1.54, 1.807) is 28.1 Å². The average molecular weight is 434 g/mol. The molecule has 1 amide bonds. The minimum Gasteiger partial charge on any atom is -0.368 e. The van der Waals surface area contributed by atoms with Crippen LogP contribution in [0.4, 0.5) is 5.82 Å². The summed E-state index contributed by atoms with van der Waals surface area (Å²) in [7, 11) is 6.03. The standard InChI is InChI=1S/C21H17BClN5OS/c22-16-12-26-28-19(11-18(27-21(16)28)15-3-1-2-4-17(15)23)24-8-9-25-20(29)6-5-14-7-10-30-13-14/h1-7,10-13,24H,8-9H2,(H,25,29)/b6-5+. The highest BCUT2D eigenvalue weighted by atomic mass is 35.5. The molecule has 0 saturated carbocycles. The van der Waals surface area contributed by atoms with Crippen molar-refractivity contribution < 1.29 is 4.79 Å². The Balaban J connectivity index is 1.46. The van der Waals surface area contributed by atoms with Crippen molar-refractivity contribution in [3.05, 3.63) is 70.0 Å². The Morgan fingerprint density at radius 2 is 2.13 bits per heavy atom. The van der Waals surface area contributed by atoms with Crippen molar-refractivity contribution in [2.75, 3.05) is 18.4 Å². The number of anilines is 1. The Bertz CT molecular complexity index is 1210. The van der Waals surface area contributed by atoms with Gasteiger partial charge in [0, 0.05) is 42.0 Å². The zero-order valence-corrected chi connectivity index (χ0v) is 17.5. The van der Waals surface area contributed by atoms with Crippen molar-refractivity contribution >= 4 is 59.7 Å². The third kappa shape index (κ3) is 4.55. The predicted octanol–water partition coefficient (Wildman–Crippen LogP) is 3.15. The zero-order valence-electron chi connectivity index (χ0n) is 15.9. The second-order valence-electron chi connectivity index (χ2n) is 6.45. The smallest absolute Gasteiger partial charge is 0.244 e. The highest BCUT2D eigenvalue weighted by Crippen LogP contribution is 2.28. The number of carbonyl (C=O) groups excluding carboxylic acids is 1. The monoisotopic (exact) mass is 433 g/mol. The molecular formula is C21H17BClN5OS. The van der Waals surface area contributed by atoms with Gasteiger partial charge in [-0.25, -0.2) is 4.98 Å². The number of rotatable bonds is 7. The molecule has 0 bridgehead atoms. The third-order valence-electron chi connectivity index (χ3n) is 4.35. The molecule has 0 aliphatic heterocycles. The molecule has 4 aromatic rings. The second-order valence-corrected chi connectivity index (χ2v) is 7.64. The molecule has 0 spiro atoms. The number of hydrogen-bond acceptors (Lipinski definition) is 5. The summed E-state index contributed by atoms with van der Waals surface area (Å²) in [5.41, 5.74) is 3.51. The van der Waals surface area contributed by atoms with Crippen molar-refractivity contribution in [3.63, 3.8) is 0 Å². The van der Waals surface area contributed by atoms with Crippen molar-refractivity contribution in [2.24, 2.45) is 0 Å². The lowest BCUT2D eigenvalue weighted by molar-refractivity contribution is -0.116. The highest BCUT2D eigenvalue weighted by molar-refractivity contribution is 7.08. The van der Waals surface area contributed by atoms with Crippen molar-refractivity contribution in [1.82, 2.24) is 19.9 Å². The average Bonchev–Trinajstić information content (AvgIpc) is 3.40. The van der Waals surface area contributed by atoms with Crippen LogP contribution in [0.15, 0.2) is 59.4 Å². The number of fused-ring (bicyclic) bond motifs is 1. The van der Waals surface area contributed by atoms with Crippen molar-refractivity contribution in [2.45, 2.75) is 0 Å². The first kappa shape index (κ1) is 20.2. The fourth-order valence-corrected chi connectivity index (χ4v) is 3.75. The Kier molecular flexibility index (Phi) is 6.16. The summed E-state index contributed by atoms with van der Waals surface area (Å²) in [4.78, 5) is 16.6. The van der Waals surface area contributed by atoms with Crippen LogP contribution in [-0.2, 0) is 4.79 Å². The lowest BCUT2D eigenvalue weighted by Gasteiger charge is -2.12. The van der Waals surface area contributed by atoms with Gasteiger partial charge in [0.15, 0.2) is 5.65 Å². The van der Waals surface area contributed by atoms with E-state index in [4.69, 9.17) is 19.4 Å². The number of amides is 1. The Morgan fingerprint density at radius 3 is 2.93 bits per heavy atom. The molecule has 0 aliphatic carbocycles. The number of halogens is 1. The van der Waals surface area contributed by atoms with E-state index in [0.29, 0.717) is 40.7 Å². The Hall–Kier alpha value is -3.10. The molecule has 0 atom stereocenters. The van der Waals surface area contributed by atoms with Crippen LogP contribution in [0.5, 0.6) is 0 Å². The highest BCUT2D eigenvalue weighted by Gasteiger charge is 2.12. The normalized spacial score (nSPS) is 11.2. The van der Waals surface area contributed by atoms with Crippen LogP contribution in [-0.4, -0.2) is 41.4 Å². The number of thiophene rings is 1. The molecule has 1 aromatic carbocycles. The summed E-state index contributed by atoms with van der Waals surface area (Å²) in [6.45, 7) is 0.938. The largest absolute Gasteiger partial charge is 0.368 e. The number of benzene rings is 1. The van der Waals surface area contributed by atoms with Gasteiger partial charge < -0.3 is 10.6 Å². The van der Waals surface area contributed by atoms with Crippen molar-refractivity contribution in [3.8, 4) is 11.3 Å². The van der Waals surface area contributed by atoms with Crippen LogP contribution in [0, 0.1) is 0 Å². The van der Waals surface area contributed by atoms with Gasteiger partial charge in [-0.15, -0.1) is 0 Å². The van der Waals surface area contributed by atoms with Gasteiger partial charge in [-0.2, -0.15) is 21.0 Å². The first-order valence-electron chi connectivity index (χ1n) is 9.23. The quantitative estimate of drug-likeness (QED) is 0.267. The van der Waals surface area contributed by atoms with E-state index < -0.39 is 0 Å². The maximum Gasteiger partial charge on any atom is 0.244 e. The summed E-state index contributed by atoms with van der Waals surface area (Å²) < 4.78 is 1.63. The number of aromatic nitrogens is 3. The molecule has 6 nitrogen and oxygen atoms in total. The fraction of sp³-hybridized carbons (Fsp3) is 0.0952. The third-order valence-corrected chi connectivity index (χ3v) is 5.38. The molecular weight excluding hydrogens is 417 g/mol. The summed E-state index contributed by atoms with van der Waals surface area (Å²) in [6.07, 6.45) is 4.87. The summed E-state index contributed by atoms with van der Waals surface area (Å²) in [5.74, 6) is 0.553. The fourth-order valence-electron chi connectivity index (χ4n) is 2.89. The van der Waals surface area contributed by atoms with Gasteiger partial charge in [-0.05, 0) is 40.0 Å². The van der Waals surface area contributed by atoms with Crippen LogP contribution >= 0.6 is 22.9 Å². The van der Waals surface area contributed by atoms with Crippen molar-refractivity contribution in [1.29, 1.82) is 0 Å². The summed E-state index contributed by atoms with van der Waals surface area (Å²) in [6, 6.07) is 11.3. The molecule has 0 saturated heterocycles. The van der Waals surface area contributed by atoms with Crippen LogP contribution in [0.3, 0.4) is 0 Å². The van der Waals surface area contributed by atoms with Gasteiger partial charge in [-0.1, -0.05) is 29.8 Å². The molecule has 2 N–H and O–H groups in total. The second kappa shape index (κ2) is 9.15. The van der Waals surface area contributed by atoms with E-state index in [-0.39, 0.29) is 5.91 Å². The van der Waals surface area contributed by atoms with Gasteiger partial charge in [-0.3, -0.25) is 4.79 Å². The molecule has 0 aliphatic rings. The predicted molar refractivity (Wildman–Crippen MR) is 124 cm³/mol. The first-order valence-corrected chi connectivity index (χ1v) is 10.5. The maximum atomic E-state index is 12.0. The Morgan fingerprint density at radius 1 is 1.27 bits per heavy atom. The van der Waals surface area contributed by atoms with Gasteiger partial charge >= 0.3 is 0 Å². The molecule has 2 radical (unpaired) electrons. The van der Waals surface area contributed by atoms with E-state index in [0.717, 1.165) is 11.1 Å². The lowest BCUT2D eigenvalue weighted by atomic mass is 10.0. The SMILES string of the molecule is [B]c1cnn2c(NCCNC(=O)/C=C/c3ccsc3)cc(-c3ccccc3Cl)nc12. The van der Waals surface area contributed by atoms with E-state index in [9.17, 15) is 4.79 Å². The minimum atomic E-state index is -0.150. The molecule has 148 valence electrons. The summed E-state index contributed by atoms with van der Waals surface area (Å²) in [5, 5.41) is 15.0. The number of carbonyl (C=O) groups is 1. The number of nitrogens with one attached hydrogen (secondary N) is 2. The van der Waals surface area contributed by atoms with Gasteiger partial charge in [0.05, 0.1) is 5.69 Å². The molecule has 4 rings (SSSR count). The van der Waals surface area contributed by atoms with Gasteiger partial charge in [0.25, 0.3) is 0 Å². The van der Waals surface area contributed by atoms with Crippen LogP contribution < -0.4 is 16.1 Å². The van der Waals surface area contributed by atoms with Crippen LogP contribution in [0.2, 0.25) is 5.02 Å². The minimum absolute atomic E-state index is 0.150. The summed E-state index contributed by atoms with van der Waals surface area (Å²) >= 11 is 7.93. The van der Waals surface area contributed by atoms with E-state index in [1.165, 1.54) is 6.08 Å². The van der Waals surface area contributed by atoms with Crippen LogP contribution in [0.1, 0.15) is 5.56 Å². The maximum absolute atomic E-state index is 12.0. The van der Waals surface area contributed by atoms with Gasteiger partial charge in [0.1, 0.15) is 13.7 Å². The zero-order chi connectivity index (χ0) is 20.9. The molecule has 30 heavy (non-hydrogen) atoms. The lowest BCUT2D eigenvalue weighted by Crippen LogP contribution is -2.27. The van der Waals surface area contributed by atoms with E-state index in [1.807, 2.05) is 47.2 Å². The molecule has 3 aromatic heterocycles. The molecule has 3 heterocycles.